The van der Waals surface area contributed by atoms with E-state index in [-0.39, 0.29) is 5.91 Å². The van der Waals surface area contributed by atoms with E-state index in [9.17, 15) is 4.79 Å². The van der Waals surface area contributed by atoms with E-state index < -0.39 is 0 Å². The minimum Gasteiger partial charge on any atom is -0.495 e. The van der Waals surface area contributed by atoms with Crippen molar-refractivity contribution in [1.82, 2.24) is 9.80 Å². The van der Waals surface area contributed by atoms with E-state index in [1.165, 1.54) is 243 Å². The highest BCUT2D eigenvalue weighted by Gasteiger charge is 2.23. The van der Waals surface area contributed by atoms with Gasteiger partial charge in [-0.05, 0) is 103 Å². The molecule has 1 aliphatic rings. The van der Waals surface area contributed by atoms with E-state index >= 15 is 0 Å². The van der Waals surface area contributed by atoms with Crippen LogP contribution in [-0.2, 0) is 9.53 Å². The molecule has 1 amide bonds. The molecular formula is C54H102N2O2. The van der Waals surface area contributed by atoms with E-state index in [0.29, 0.717) is 12.5 Å². The van der Waals surface area contributed by atoms with E-state index in [2.05, 4.69) is 45.4 Å². The fourth-order valence-corrected chi connectivity index (χ4v) is 8.87. The van der Waals surface area contributed by atoms with E-state index in [0.717, 1.165) is 43.8 Å². The number of amides is 1. The Morgan fingerprint density at radius 3 is 1.33 bits per heavy atom. The van der Waals surface area contributed by atoms with Gasteiger partial charge in [-0.25, -0.2) is 0 Å². The Labute approximate surface area is 364 Å². The second-order valence-corrected chi connectivity index (χ2v) is 18.6. The van der Waals surface area contributed by atoms with Crippen LogP contribution in [0.2, 0.25) is 0 Å². The van der Waals surface area contributed by atoms with Crippen molar-refractivity contribution in [2.24, 2.45) is 0 Å². The average molecular weight is 811 g/mol. The van der Waals surface area contributed by atoms with Crippen molar-refractivity contribution >= 4 is 5.91 Å². The summed E-state index contributed by atoms with van der Waals surface area (Å²) >= 11 is 0. The Morgan fingerprint density at radius 2 is 0.897 bits per heavy atom. The maximum atomic E-state index is 12.3. The fraction of sp³-hybridized carbons (Fsp3) is 0.870. The molecule has 1 fully saturated rings. The van der Waals surface area contributed by atoms with Crippen LogP contribution in [0.1, 0.15) is 271 Å². The first kappa shape index (κ1) is 54.5. The van der Waals surface area contributed by atoms with Crippen LogP contribution in [-0.4, -0.2) is 48.0 Å². The first-order valence-electron chi connectivity index (χ1n) is 26.1. The summed E-state index contributed by atoms with van der Waals surface area (Å²) in [7, 11) is 0. The summed E-state index contributed by atoms with van der Waals surface area (Å²) in [5, 5.41) is 0. The highest BCUT2D eigenvalue weighted by Crippen LogP contribution is 2.23. The Bertz CT molecular complexity index is 942. The number of hydrogen-bond donors (Lipinski definition) is 0. The Kier molecular flexibility index (Phi) is 38.3. The molecule has 0 spiro atoms. The van der Waals surface area contributed by atoms with Crippen molar-refractivity contribution in [2.45, 2.75) is 277 Å². The molecule has 0 aromatic heterocycles. The Balaban J connectivity index is 2.30. The van der Waals surface area contributed by atoms with Crippen LogP contribution in [0, 0.1) is 0 Å². The molecule has 0 atom stereocenters. The average Bonchev–Trinajstić information content (AvgIpc) is 3.54. The quantitative estimate of drug-likeness (QED) is 0.0349. The lowest BCUT2D eigenvalue weighted by molar-refractivity contribution is -0.126. The third kappa shape index (κ3) is 33.2. The second kappa shape index (κ2) is 40.8. The third-order valence-corrected chi connectivity index (χ3v) is 12.8. The number of likely N-dealkylation sites (tertiary alicyclic amines) is 1. The number of rotatable bonds is 46. The minimum atomic E-state index is 0.270. The summed E-state index contributed by atoms with van der Waals surface area (Å²) in [5.41, 5.74) is 2.50. The van der Waals surface area contributed by atoms with Gasteiger partial charge in [-0.1, -0.05) is 200 Å². The summed E-state index contributed by atoms with van der Waals surface area (Å²) < 4.78 is 6.53. The van der Waals surface area contributed by atoms with Gasteiger partial charge in [-0.15, -0.1) is 0 Å². The van der Waals surface area contributed by atoms with Gasteiger partial charge >= 0.3 is 0 Å². The molecule has 0 saturated carbocycles. The molecular weight excluding hydrogens is 709 g/mol. The Morgan fingerprint density at radius 1 is 0.517 bits per heavy atom. The van der Waals surface area contributed by atoms with Crippen LogP contribution in [0.4, 0.5) is 0 Å². The highest BCUT2D eigenvalue weighted by molar-refractivity contribution is 5.81. The van der Waals surface area contributed by atoms with Crippen LogP contribution < -0.4 is 0 Å². The zero-order chi connectivity index (χ0) is 42.2. The minimum absolute atomic E-state index is 0.270. The number of carbonyl (C=O) groups is 1. The van der Waals surface area contributed by atoms with Crippen molar-refractivity contribution < 1.29 is 9.53 Å². The molecule has 1 saturated heterocycles. The molecule has 58 heavy (non-hydrogen) atoms. The third-order valence-electron chi connectivity index (χ3n) is 12.8. The van der Waals surface area contributed by atoms with Crippen molar-refractivity contribution in [3.05, 3.63) is 36.8 Å². The number of hydrogen-bond acceptors (Lipinski definition) is 3. The van der Waals surface area contributed by atoms with Crippen molar-refractivity contribution in [1.29, 1.82) is 0 Å². The predicted molar refractivity (Wildman–Crippen MR) is 258 cm³/mol. The zero-order valence-electron chi connectivity index (χ0n) is 39.8. The first-order valence-corrected chi connectivity index (χ1v) is 26.1. The molecule has 0 aliphatic carbocycles. The van der Waals surface area contributed by atoms with E-state index in [1.807, 2.05) is 4.90 Å². The molecule has 340 valence electrons. The van der Waals surface area contributed by atoms with Gasteiger partial charge in [-0.3, -0.25) is 4.79 Å². The van der Waals surface area contributed by atoms with Gasteiger partial charge in [0.2, 0.25) is 5.91 Å². The van der Waals surface area contributed by atoms with Gasteiger partial charge in [-0.2, -0.15) is 0 Å². The van der Waals surface area contributed by atoms with Gasteiger partial charge in [0.15, 0.2) is 0 Å². The molecule has 0 unspecified atom stereocenters. The van der Waals surface area contributed by atoms with Crippen LogP contribution in [0.5, 0.6) is 0 Å². The summed E-state index contributed by atoms with van der Waals surface area (Å²) in [6, 6.07) is 0. The molecule has 4 heteroatoms. The van der Waals surface area contributed by atoms with Gasteiger partial charge in [0.05, 0.1) is 11.9 Å². The predicted octanol–water partition coefficient (Wildman–Crippen LogP) is 17.4. The molecule has 1 rings (SSSR count). The van der Waals surface area contributed by atoms with Crippen LogP contribution in [0.15, 0.2) is 36.8 Å². The summed E-state index contributed by atoms with van der Waals surface area (Å²) in [4.78, 5) is 17.0. The van der Waals surface area contributed by atoms with Crippen LogP contribution in [0.25, 0.3) is 0 Å². The topological polar surface area (TPSA) is 32.8 Å². The first-order chi connectivity index (χ1) is 28.4. The number of nitrogens with zero attached hydrogens (tertiary/aromatic N) is 2. The number of carbonyl (C=O) groups excluding carboxylic acids is 1. The van der Waals surface area contributed by atoms with Gasteiger partial charge in [0.25, 0.3) is 0 Å². The number of unbranched alkanes of at least 4 members (excludes halogenated alkanes) is 26. The molecule has 1 heterocycles. The smallest absolute Gasteiger partial charge is 0.227 e. The van der Waals surface area contributed by atoms with E-state index in [1.54, 1.807) is 0 Å². The van der Waals surface area contributed by atoms with Crippen LogP contribution in [0.3, 0.4) is 0 Å². The monoisotopic (exact) mass is 811 g/mol. The summed E-state index contributed by atoms with van der Waals surface area (Å²) in [5.74, 6) is 1.30. The maximum Gasteiger partial charge on any atom is 0.227 e. The fourth-order valence-electron chi connectivity index (χ4n) is 8.87. The van der Waals surface area contributed by atoms with E-state index in [4.69, 9.17) is 4.74 Å². The molecule has 0 aromatic rings. The zero-order valence-corrected chi connectivity index (χ0v) is 39.8. The SMILES string of the molecule is C=C(CCCCCCCCCCC)CCCCCCCN(CCCCCCCC(=C)OC(CCCCCCCC)CCCCCCCC)CCCN1C(=C)CCC1=O. The van der Waals surface area contributed by atoms with Crippen molar-refractivity contribution in [3.63, 3.8) is 0 Å². The van der Waals surface area contributed by atoms with Crippen LogP contribution >= 0.6 is 0 Å². The van der Waals surface area contributed by atoms with Crippen molar-refractivity contribution in [3.8, 4) is 0 Å². The van der Waals surface area contributed by atoms with Gasteiger partial charge in [0, 0.05) is 25.1 Å². The number of allylic oxidation sites excluding steroid dienone is 3. The summed E-state index contributed by atoms with van der Waals surface area (Å²) in [6.45, 7) is 24.1. The second-order valence-electron chi connectivity index (χ2n) is 18.6. The molecule has 1 aliphatic heterocycles. The lowest BCUT2D eigenvalue weighted by atomic mass is 10.0. The summed E-state index contributed by atoms with van der Waals surface area (Å²) in [6.07, 6.45) is 50.6. The van der Waals surface area contributed by atoms with Crippen molar-refractivity contribution in [2.75, 3.05) is 26.2 Å². The largest absolute Gasteiger partial charge is 0.495 e. The highest BCUT2D eigenvalue weighted by atomic mass is 16.5. The lowest BCUT2D eigenvalue weighted by Gasteiger charge is -2.24. The van der Waals surface area contributed by atoms with Gasteiger partial charge < -0.3 is 14.5 Å². The Hall–Kier alpha value is -1.55. The molecule has 0 bridgehead atoms. The molecule has 0 radical (unpaired) electrons. The standard InChI is InChI=1S/C54H102N2O2/c1-7-10-13-16-19-20-21-24-31-39-50(4)40-32-25-22-29-36-46-55(48-38-49-56-51(5)44-45-54(56)57)47-37-30-23-26-33-41-52(6)58-53(42-34-27-17-14-11-8-2)43-35-28-18-15-12-9-3/h53H,4-49H2,1-3H3. The van der Waals surface area contributed by atoms with Gasteiger partial charge in [0.1, 0.15) is 0 Å². The number of ether oxygens (including phenoxy) is 1. The molecule has 0 N–H and O–H groups in total. The lowest BCUT2D eigenvalue weighted by Crippen LogP contribution is -2.31. The molecule has 0 aromatic carbocycles. The molecule has 4 nitrogen and oxygen atoms in total. The maximum absolute atomic E-state index is 12.3. The normalized spacial score (nSPS) is 13.2.